The molecule has 1 N–H and O–H groups in total. The van der Waals surface area contributed by atoms with E-state index in [0.29, 0.717) is 12.6 Å². The van der Waals surface area contributed by atoms with Gasteiger partial charge in [-0.2, -0.15) is 0 Å². The first-order valence-electron chi connectivity index (χ1n) is 7.21. The number of hydrogen-bond donors (Lipinski definition) is 1. The van der Waals surface area contributed by atoms with Crippen molar-refractivity contribution in [2.75, 3.05) is 19.7 Å². The highest BCUT2D eigenvalue weighted by Gasteiger charge is 2.16. The molecule has 1 aliphatic rings. The lowest BCUT2D eigenvalue weighted by Crippen LogP contribution is -2.29. The molecule has 2 aromatic rings. The summed E-state index contributed by atoms with van der Waals surface area (Å²) in [5.41, 5.74) is 1.000. The third-order valence-electron chi connectivity index (χ3n) is 3.61. The molecular formula is C15H20N4O. The van der Waals surface area contributed by atoms with Crippen molar-refractivity contribution >= 4 is 0 Å². The Hall–Kier alpha value is -1.88. The lowest BCUT2D eigenvalue weighted by Gasteiger charge is -2.22. The van der Waals surface area contributed by atoms with E-state index in [2.05, 4.69) is 21.8 Å². The molecule has 5 heteroatoms. The summed E-state index contributed by atoms with van der Waals surface area (Å²) >= 11 is 0. The van der Waals surface area contributed by atoms with Crippen LogP contribution in [-0.2, 0) is 6.42 Å². The average molecular weight is 272 g/mol. The molecule has 20 heavy (non-hydrogen) atoms. The average Bonchev–Trinajstić information content (AvgIpc) is 2.98. The quantitative estimate of drug-likeness (QED) is 0.902. The van der Waals surface area contributed by atoms with Gasteiger partial charge in [-0.05, 0) is 38.1 Å². The largest absolute Gasteiger partial charge is 0.493 e. The standard InChI is InChI=1S/C15H20N4O/c1-2-4-15(5-3-1)20-11-8-13-12-19(18-17-13)14-6-9-16-10-7-14/h1-5,12,14,16H,6-11H2. The number of nitrogens with zero attached hydrogens (tertiary/aromatic N) is 3. The molecule has 0 aliphatic carbocycles. The van der Waals surface area contributed by atoms with E-state index in [4.69, 9.17) is 4.74 Å². The Bertz CT molecular complexity index is 520. The Labute approximate surface area is 118 Å². The highest BCUT2D eigenvalue weighted by Crippen LogP contribution is 2.17. The van der Waals surface area contributed by atoms with Crippen LogP contribution in [0.4, 0.5) is 0 Å². The minimum atomic E-state index is 0.493. The van der Waals surface area contributed by atoms with Gasteiger partial charge < -0.3 is 10.1 Å². The van der Waals surface area contributed by atoms with Crippen LogP contribution in [0.5, 0.6) is 5.75 Å². The molecule has 0 saturated carbocycles. The fourth-order valence-electron chi connectivity index (χ4n) is 2.47. The number of para-hydroxylation sites is 1. The predicted octanol–water partition coefficient (Wildman–Crippen LogP) is 1.82. The molecule has 1 aromatic carbocycles. The summed E-state index contributed by atoms with van der Waals surface area (Å²) in [5.74, 6) is 0.901. The number of piperidine rings is 1. The van der Waals surface area contributed by atoms with Crippen LogP contribution in [0.25, 0.3) is 0 Å². The maximum Gasteiger partial charge on any atom is 0.119 e. The lowest BCUT2D eigenvalue weighted by molar-refractivity contribution is 0.320. The normalized spacial score (nSPS) is 16.2. The predicted molar refractivity (Wildman–Crippen MR) is 76.8 cm³/mol. The van der Waals surface area contributed by atoms with Crippen molar-refractivity contribution in [1.82, 2.24) is 20.3 Å². The molecule has 0 unspecified atom stereocenters. The zero-order chi connectivity index (χ0) is 13.6. The van der Waals surface area contributed by atoms with Gasteiger partial charge in [0.15, 0.2) is 0 Å². The van der Waals surface area contributed by atoms with E-state index in [1.165, 1.54) is 0 Å². The summed E-state index contributed by atoms with van der Waals surface area (Å²) in [6.07, 6.45) is 5.11. The van der Waals surface area contributed by atoms with E-state index < -0.39 is 0 Å². The van der Waals surface area contributed by atoms with Crippen LogP contribution < -0.4 is 10.1 Å². The van der Waals surface area contributed by atoms with Crippen molar-refractivity contribution in [2.24, 2.45) is 0 Å². The van der Waals surface area contributed by atoms with Crippen molar-refractivity contribution < 1.29 is 4.74 Å². The smallest absolute Gasteiger partial charge is 0.119 e. The molecule has 2 heterocycles. The second-order valence-corrected chi connectivity index (χ2v) is 5.08. The Balaban J connectivity index is 1.50. The Morgan fingerprint density at radius 2 is 2.00 bits per heavy atom. The number of hydrogen-bond acceptors (Lipinski definition) is 4. The fraction of sp³-hybridized carbons (Fsp3) is 0.467. The molecule has 1 aromatic heterocycles. The van der Waals surface area contributed by atoms with Gasteiger partial charge in [-0.15, -0.1) is 5.10 Å². The summed E-state index contributed by atoms with van der Waals surface area (Å²) in [7, 11) is 0. The zero-order valence-corrected chi connectivity index (χ0v) is 11.5. The topological polar surface area (TPSA) is 52.0 Å². The van der Waals surface area contributed by atoms with Crippen molar-refractivity contribution in [3.8, 4) is 5.75 Å². The first-order chi connectivity index (χ1) is 9.92. The summed E-state index contributed by atoms with van der Waals surface area (Å²) < 4.78 is 7.69. The molecule has 0 spiro atoms. The molecule has 0 radical (unpaired) electrons. The van der Waals surface area contributed by atoms with Crippen molar-refractivity contribution in [3.63, 3.8) is 0 Å². The first kappa shape index (κ1) is 13.1. The number of ether oxygens (including phenoxy) is 1. The molecule has 3 rings (SSSR count). The van der Waals surface area contributed by atoms with Gasteiger partial charge in [0.1, 0.15) is 5.75 Å². The van der Waals surface area contributed by atoms with E-state index in [-0.39, 0.29) is 0 Å². The second kappa shape index (κ2) is 6.52. The molecule has 1 saturated heterocycles. The summed E-state index contributed by atoms with van der Waals surface area (Å²) in [6, 6.07) is 10.4. The number of nitrogens with one attached hydrogen (secondary N) is 1. The van der Waals surface area contributed by atoms with E-state index in [9.17, 15) is 0 Å². The summed E-state index contributed by atoms with van der Waals surface area (Å²) in [5, 5.41) is 11.8. The maximum atomic E-state index is 5.68. The first-order valence-corrected chi connectivity index (χ1v) is 7.21. The monoisotopic (exact) mass is 272 g/mol. The van der Waals surface area contributed by atoms with Crippen LogP contribution in [0, 0.1) is 0 Å². The molecule has 0 bridgehead atoms. The van der Waals surface area contributed by atoms with Gasteiger partial charge in [0.05, 0.1) is 18.3 Å². The van der Waals surface area contributed by atoms with Gasteiger partial charge >= 0.3 is 0 Å². The minimum absolute atomic E-state index is 0.493. The van der Waals surface area contributed by atoms with Gasteiger partial charge in [-0.3, -0.25) is 0 Å². The SMILES string of the molecule is c1ccc(OCCc2cn(C3CCNCC3)nn2)cc1. The van der Waals surface area contributed by atoms with Crippen molar-refractivity contribution in [2.45, 2.75) is 25.3 Å². The van der Waals surface area contributed by atoms with Crippen LogP contribution in [0.1, 0.15) is 24.6 Å². The highest BCUT2D eigenvalue weighted by molar-refractivity contribution is 5.20. The van der Waals surface area contributed by atoms with Gasteiger partial charge in [0, 0.05) is 12.6 Å². The van der Waals surface area contributed by atoms with Crippen LogP contribution in [0.2, 0.25) is 0 Å². The van der Waals surface area contributed by atoms with Crippen LogP contribution in [0.15, 0.2) is 36.5 Å². The summed E-state index contributed by atoms with van der Waals surface area (Å²) in [6.45, 7) is 2.77. The molecule has 1 aliphatic heterocycles. The maximum absolute atomic E-state index is 5.68. The Morgan fingerprint density at radius 1 is 1.20 bits per heavy atom. The molecule has 1 fully saturated rings. The van der Waals surface area contributed by atoms with Crippen molar-refractivity contribution in [3.05, 3.63) is 42.2 Å². The third kappa shape index (κ3) is 3.36. The molecule has 106 valence electrons. The second-order valence-electron chi connectivity index (χ2n) is 5.08. The van der Waals surface area contributed by atoms with E-state index in [1.807, 2.05) is 35.0 Å². The minimum Gasteiger partial charge on any atom is -0.493 e. The number of aromatic nitrogens is 3. The zero-order valence-electron chi connectivity index (χ0n) is 11.5. The van der Waals surface area contributed by atoms with E-state index >= 15 is 0 Å². The van der Waals surface area contributed by atoms with Crippen LogP contribution in [0.3, 0.4) is 0 Å². The number of benzene rings is 1. The molecule has 0 atom stereocenters. The van der Waals surface area contributed by atoms with Gasteiger partial charge in [-0.1, -0.05) is 23.4 Å². The summed E-state index contributed by atoms with van der Waals surface area (Å²) in [4.78, 5) is 0. The number of rotatable bonds is 5. The van der Waals surface area contributed by atoms with Crippen molar-refractivity contribution in [1.29, 1.82) is 0 Å². The molecule has 0 amide bonds. The Kier molecular flexibility index (Phi) is 4.28. The van der Waals surface area contributed by atoms with Gasteiger partial charge in [0.25, 0.3) is 0 Å². The molecular weight excluding hydrogens is 252 g/mol. The molecule has 5 nitrogen and oxygen atoms in total. The van der Waals surface area contributed by atoms with Gasteiger partial charge in [0.2, 0.25) is 0 Å². The van der Waals surface area contributed by atoms with Crippen LogP contribution in [-0.4, -0.2) is 34.7 Å². The fourth-order valence-corrected chi connectivity index (χ4v) is 2.47. The highest BCUT2D eigenvalue weighted by atomic mass is 16.5. The van der Waals surface area contributed by atoms with Crippen LogP contribution >= 0.6 is 0 Å². The third-order valence-corrected chi connectivity index (χ3v) is 3.61. The van der Waals surface area contributed by atoms with Gasteiger partial charge in [-0.25, -0.2) is 4.68 Å². The van der Waals surface area contributed by atoms with E-state index in [0.717, 1.165) is 43.8 Å². The lowest BCUT2D eigenvalue weighted by atomic mass is 10.1. The van der Waals surface area contributed by atoms with E-state index in [1.54, 1.807) is 0 Å². The Morgan fingerprint density at radius 3 is 2.80 bits per heavy atom.